The summed E-state index contributed by atoms with van der Waals surface area (Å²) in [4.78, 5) is 14.5. The van der Waals surface area contributed by atoms with E-state index in [1.807, 2.05) is 73.3 Å². The van der Waals surface area contributed by atoms with Crippen molar-refractivity contribution < 1.29 is 4.79 Å². The fraction of sp³-hybridized carbons (Fsp3) is 0.208. The fourth-order valence-corrected chi connectivity index (χ4v) is 4.66. The van der Waals surface area contributed by atoms with E-state index in [9.17, 15) is 4.79 Å². The van der Waals surface area contributed by atoms with Crippen LogP contribution in [0.15, 0.2) is 83.8 Å². The molecule has 0 aliphatic carbocycles. The van der Waals surface area contributed by atoms with Gasteiger partial charge in [0.2, 0.25) is 5.91 Å². The number of carbonyl (C=O) groups excluding carboxylic acids is 1. The van der Waals surface area contributed by atoms with Crippen LogP contribution in [0.4, 0.5) is 5.69 Å². The van der Waals surface area contributed by atoms with Gasteiger partial charge in [-0.2, -0.15) is 0 Å². The van der Waals surface area contributed by atoms with Gasteiger partial charge in [0.1, 0.15) is 6.04 Å². The third-order valence-corrected chi connectivity index (χ3v) is 6.16. The maximum absolute atomic E-state index is 13.2. The molecule has 1 heterocycles. The molecule has 3 nitrogen and oxygen atoms in total. The van der Waals surface area contributed by atoms with Crippen LogP contribution in [0.1, 0.15) is 35.2 Å². The molecule has 1 aliphatic heterocycles. The number of fused-ring (bicyclic) bond motifs is 1. The third-order valence-electron chi connectivity index (χ3n) is 5.04. The minimum atomic E-state index is -0.413. The first-order chi connectivity index (χ1) is 13.7. The molecule has 1 amide bonds. The molecule has 0 saturated carbocycles. The Kier molecular flexibility index (Phi) is 5.79. The molecule has 3 aromatic rings. The Morgan fingerprint density at radius 2 is 1.68 bits per heavy atom. The number of amides is 1. The molecule has 0 saturated heterocycles. The van der Waals surface area contributed by atoms with Crippen LogP contribution in [0, 0.1) is 6.92 Å². The lowest BCUT2D eigenvalue weighted by Gasteiger charge is -2.30. The quantitative estimate of drug-likeness (QED) is 0.606. The predicted molar refractivity (Wildman–Crippen MR) is 117 cm³/mol. The molecule has 28 heavy (non-hydrogen) atoms. The molecule has 0 bridgehead atoms. The molecular formula is C24H24N2OS. The van der Waals surface area contributed by atoms with Crippen molar-refractivity contribution in [2.75, 3.05) is 11.1 Å². The summed E-state index contributed by atoms with van der Waals surface area (Å²) in [6.45, 7) is 2.04. The zero-order valence-electron chi connectivity index (χ0n) is 15.9. The molecule has 142 valence electrons. The van der Waals surface area contributed by atoms with E-state index in [0.717, 1.165) is 23.4 Å². The van der Waals surface area contributed by atoms with Gasteiger partial charge in [-0.15, -0.1) is 11.8 Å². The number of aryl methyl sites for hydroxylation is 1. The highest BCUT2D eigenvalue weighted by Crippen LogP contribution is 2.37. The van der Waals surface area contributed by atoms with Gasteiger partial charge < -0.3 is 5.32 Å². The Morgan fingerprint density at radius 3 is 2.46 bits per heavy atom. The minimum Gasteiger partial charge on any atom is -0.324 e. The van der Waals surface area contributed by atoms with Crippen molar-refractivity contribution in [3.8, 4) is 0 Å². The summed E-state index contributed by atoms with van der Waals surface area (Å²) in [6.07, 6.45) is 1.00. The standard InChI is InChI=1S/C24H24N2OS/c1-17-11-13-19(14-12-17)25-24(27)23(18-7-3-2-4-8-18)26-21-15-16-28-22-10-6-5-9-20(21)22/h2-14,21,23,26H,15-16H2,1H3,(H,25,27)/t21-,23+/m0/s1. The molecule has 0 radical (unpaired) electrons. The molecule has 3 aromatic carbocycles. The molecule has 2 N–H and O–H groups in total. The number of thioether (sulfide) groups is 1. The number of benzene rings is 3. The Balaban J connectivity index is 1.60. The monoisotopic (exact) mass is 388 g/mol. The SMILES string of the molecule is Cc1ccc(NC(=O)[C@H](N[C@H]2CCSc3ccccc32)c2ccccc2)cc1. The van der Waals surface area contributed by atoms with Gasteiger partial charge in [0.05, 0.1) is 0 Å². The largest absolute Gasteiger partial charge is 0.324 e. The average Bonchev–Trinajstić information content (AvgIpc) is 2.74. The second-order valence-electron chi connectivity index (χ2n) is 7.09. The first kappa shape index (κ1) is 18.8. The van der Waals surface area contributed by atoms with Crippen LogP contribution in [0.25, 0.3) is 0 Å². The zero-order valence-corrected chi connectivity index (χ0v) is 16.7. The molecule has 4 heteroatoms. The van der Waals surface area contributed by atoms with Gasteiger partial charge >= 0.3 is 0 Å². The number of rotatable bonds is 5. The van der Waals surface area contributed by atoms with E-state index in [2.05, 4.69) is 34.9 Å². The normalized spacial score (nSPS) is 16.8. The molecule has 0 spiro atoms. The zero-order chi connectivity index (χ0) is 19.3. The highest BCUT2D eigenvalue weighted by Gasteiger charge is 2.27. The fourth-order valence-electron chi connectivity index (χ4n) is 3.54. The number of anilines is 1. The van der Waals surface area contributed by atoms with Crippen molar-refractivity contribution >= 4 is 23.4 Å². The summed E-state index contributed by atoms with van der Waals surface area (Å²) in [5.41, 5.74) is 4.25. The van der Waals surface area contributed by atoms with Gasteiger partial charge in [-0.05, 0) is 48.4 Å². The number of hydrogen-bond donors (Lipinski definition) is 2. The third kappa shape index (κ3) is 4.29. The van der Waals surface area contributed by atoms with Gasteiger partial charge in [0, 0.05) is 16.6 Å². The molecule has 4 rings (SSSR count). The summed E-state index contributed by atoms with van der Waals surface area (Å²) in [5.74, 6) is 1.02. The van der Waals surface area contributed by atoms with Crippen LogP contribution in [0.5, 0.6) is 0 Å². The van der Waals surface area contributed by atoms with E-state index < -0.39 is 6.04 Å². The van der Waals surface area contributed by atoms with Crippen molar-refractivity contribution in [1.82, 2.24) is 5.32 Å². The summed E-state index contributed by atoms with van der Waals surface area (Å²) >= 11 is 1.89. The molecule has 2 atom stereocenters. The Morgan fingerprint density at radius 1 is 0.964 bits per heavy atom. The topological polar surface area (TPSA) is 41.1 Å². The molecule has 0 aromatic heterocycles. The Bertz CT molecular complexity index is 940. The number of carbonyl (C=O) groups is 1. The van der Waals surface area contributed by atoms with Crippen molar-refractivity contribution in [3.63, 3.8) is 0 Å². The van der Waals surface area contributed by atoms with E-state index in [0.29, 0.717) is 0 Å². The van der Waals surface area contributed by atoms with E-state index in [1.165, 1.54) is 16.0 Å². The van der Waals surface area contributed by atoms with E-state index >= 15 is 0 Å². The lowest BCUT2D eigenvalue weighted by molar-refractivity contribution is -0.118. The maximum atomic E-state index is 13.2. The van der Waals surface area contributed by atoms with Crippen molar-refractivity contribution in [1.29, 1.82) is 0 Å². The Labute approximate surface area is 170 Å². The van der Waals surface area contributed by atoms with Crippen molar-refractivity contribution in [2.45, 2.75) is 30.3 Å². The van der Waals surface area contributed by atoms with Crippen LogP contribution < -0.4 is 10.6 Å². The van der Waals surface area contributed by atoms with Gasteiger partial charge in [-0.3, -0.25) is 10.1 Å². The lowest BCUT2D eigenvalue weighted by atomic mass is 9.99. The summed E-state index contributed by atoms with van der Waals surface area (Å²) in [7, 11) is 0. The summed E-state index contributed by atoms with van der Waals surface area (Å²) < 4.78 is 0. The van der Waals surface area contributed by atoms with Crippen LogP contribution in [-0.4, -0.2) is 11.7 Å². The van der Waals surface area contributed by atoms with E-state index in [1.54, 1.807) is 0 Å². The van der Waals surface area contributed by atoms with Crippen LogP contribution in [-0.2, 0) is 4.79 Å². The van der Waals surface area contributed by atoms with Gasteiger partial charge in [-0.25, -0.2) is 0 Å². The summed E-state index contributed by atoms with van der Waals surface area (Å²) in [6, 6.07) is 26.1. The first-order valence-corrected chi connectivity index (χ1v) is 10.6. The van der Waals surface area contributed by atoms with Crippen LogP contribution in [0.2, 0.25) is 0 Å². The highest BCUT2D eigenvalue weighted by atomic mass is 32.2. The van der Waals surface area contributed by atoms with Crippen molar-refractivity contribution in [2.24, 2.45) is 0 Å². The smallest absolute Gasteiger partial charge is 0.246 e. The van der Waals surface area contributed by atoms with Gasteiger partial charge in [0.25, 0.3) is 0 Å². The Hall–Kier alpha value is -2.56. The first-order valence-electron chi connectivity index (χ1n) is 9.61. The average molecular weight is 389 g/mol. The number of hydrogen-bond acceptors (Lipinski definition) is 3. The predicted octanol–water partition coefficient (Wildman–Crippen LogP) is 5.50. The van der Waals surface area contributed by atoms with E-state index in [4.69, 9.17) is 0 Å². The molecular weight excluding hydrogens is 364 g/mol. The minimum absolute atomic E-state index is 0.0363. The van der Waals surface area contributed by atoms with Crippen LogP contribution >= 0.6 is 11.8 Å². The van der Waals surface area contributed by atoms with E-state index in [-0.39, 0.29) is 11.9 Å². The second-order valence-corrected chi connectivity index (χ2v) is 8.23. The maximum Gasteiger partial charge on any atom is 0.246 e. The second kappa shape index (κ2) is 8.63. The van der Waals surface area contributed by atoms with Crippen molar-refractivity contribution in [3.05, 3.63) is 95.6 Å². The number of nitrogens with one attached hydrogen (secondary N) is 2. The molecule has 0 fully saturated rings. The summed E-state index contributed by atoms with van der Waals surface area (Å²) in [5, 5.41) is 6.71. The van der Waals surface area contributed by atoms with Crippen LogP contribution in [0.3, 0.4) is 0 Å². The van der Waals surface area contributed by atoms with Gasteiger partial charge in [-0.1, -0.05) is 66.2 Å². The highest BCUT2D eigenvalue weighted by molar-refractivity contribution is 7.99. The molecule has 0 unspecified atom stereocenters. The van der Waals surface area contributed by atoms with Gasteiger partial charge in [0.15, 0.2) is 0 Å². The lowest BCUT2D eigenvalue weighted by Crippen LogP contribution is -2.36. The molecule has 1 aliphatic rings.